The van der Waals surface area contributed by atoms with Crippen LogP contribution < -0.4 is 0 Å². The van der Waals surface area contributed by atoms with Crippen LogP contribution in [0.2, 0.25) is 0 Å². The molecule has 1 amide bonds. The summed E-state index contributed by atoms with van der Waals surface area (Å²) in [7, 11) is 0. The largest absolute Gasteiger partial charge is 0.392 e. The molecule has 1 fully saturated rings. The Kier molecular flexibility index (Phi) is 6.73. The van der Waals surface area contributed by atoms with Crippen LogP contribution in [-0.2, 0) is 9.53 Å². The van der Waals surface area contributed by atoms with Crippen molar-refractivity contribution in [1.82, 2.24) is 4.90 Å². The summed E-state index contributed by atoms with van der Waals surface area (Å²) in [6, 6.07) is 10.1. The zero-order valence-corrected chi connectivity index (χ0v) is 14.1. The topological polar surface area (TPSA) is 49.8 Å². The first-order valence-corrected chi connectivity index (χ1v) is 8.80. The molecular weight excluding hydrogens is 298 g/mol. The summed E-state index contributed by atoms with van der Waals surface area (Å²) in [5, 5.41) is 10.5. The lowest BCUT2D eigenvalue weighted by atomic mass is 9.93. The Labute approximate surface area is 136 Å². The molecule has 1 aliphatic heterocycles. The molecule has 1 aromatic rings. The van der Waals surface area contributed by atoms with Crippen molar-refractivity contribution in [3.8, 4) is 0 Å². The van der Waals surface area contributed by atoms with Crippen molar-refractivity contribution in [2.24, 2.45) is 11.8 Å². The third-order valence-corrected chi connectivity index (χ3v) is 5.36. The highest BCUT2D eigenvalue weighted by Gasteiger charge is 2.30. The van der Waals surface area contributed by atoms with Gasteiger partial charge in [0.1, 0.15) is 0 Å². The monoisotopic (exact) mass is 323 g/mol. The van der Waals surface area contributed by atoms with E-state index in [1.165, 1.54) is 4.90 Å². The number of amides is 1. The van der Waals surface area contributed by atoms with Crippen LogP contribution in [0.5, 0.6) is 0 Å². The van der Waals surface area contributed by atoms with Gasteiger partial charge in [-0.3, -0.25) is 4.79 Å². The Hall–Kier alpha value is -1.04. The molecule has 0 spiro atoms. The van der Waals surface area contributed by atoms with Gasteiger partial charge in [0.2, 0.25) is 5.91 Å². The summed E-state index contributed by atoms with van der Waals surface area (Å²) < 4.78 is 5.27. The summed E-state index contributed by atoms with van der Waals surface area (Å²) in [6.07, 6.45) is -0.619. The van der Waals surface area contributed by atoms with E-state index in [0.717, 1.165) is 5.75 Å². The molecule has 1 N–H and O–H groups in total. The molecule has 0 bridgehead atoms. The number of rotatable bonds is 6. The van der Waals surface area contributed by atoms with Crippen molar-refractivity contribution >= 4 is 17.7 Å². The molecule has 1 saturated heterocycles. The molecule has 0 unspecified atom stereocenters. The lowest BCUT2D eigenvalue weighted by Gasteiger charge is -2.32. The van der Waals surface area contributed by atoms with E-state index in [1.54, 1.807) is 16.7 Å². The molecule has 5 heteroatoms. The van der Waals surface area contributed by atoms with Crippen molar-refractivity contribution in [3.63, 3.8) is 0 Å². The normalized spacial score (nSPS) is 19.5. The van der Waals surface area contributed by atoms with E-state index in [-0.39, 0.29) is 17.7 Å². The SMILES string of the molecule is C[C@H](CSc1ccccc1)[C@@H](O)[C@@H](C)C(=O)N1CCOCC1. The number of hydrogen-bond acceptors (Lipinski definition) is 4. The van der Waals surface area contributed by atoms with E-state index < -0.39 is 6.10 Å². The van der Waals surface area contributed by atoms with Gasteiger partial charge in [-0.25, -0.2) is 0 Å². The van der Waals surface area contributed by atoms with Gasteiger partial charge in [-0.2, -0.15) is 0 Å². The number of carbonyl (C=O) groups is 1. The minimum Gasteiger partial charge on any atom is -0.392 e. The van der Waals surface area contributed by atoms with Gasteiger partial charge < -0.3 is 14.7 Å². The average molecular weight is 323 g/mol. The van der Waals surface area contributed by atoms with Gasteiger partial charge >= 0.3 is 0 Å². The van der Waals surface area contributed by atoms with Crippen molar-refractivity contribution in [2.75, 3.05) is 32.1 Å². The van der Waals surface area contributed by atoms with Crippen LogP contribution in [0.4, 0.5) is 0 Å². The lowest BCUT2D eigenvalue weighted by molar-refractivity contribution is -0.143. The molecule has 4 nitrogen and oxygen atoms in total. The zero-order chi connectivity index (χ0) is 15.9. The maximum Gasteiger partial charge on any atom is 0.228 e. The van der Waals surface area contributed by atoms with Crippen molar-refractivity contribution < 1.29 is 14.6 Å². The number of carbonyl (C=O) groups excluding carboxylic acids is 1. The van der Waals surface area contributed by atoms with Gasteiger partial charge in [0.05, 0.1) is 25.2 Å². The lowest BCUT2D eigenvalue weighted by Crippen LogP contribution is -2.47. The second-order valence-electron chi connectivity index (χ2n) is 5.82. The third kappa shape index (κ3) is 4.73. The molecule has 0 saturated carbocycles. The van der Waals surface area contributed by atoms with Gasteiger partial charge in [0.15, 0.2) is 0 Å². The van der Waals surface area contributed by atoms with Crippen LogP contribution in [0.15, 0.2) is 35.2 Å². The molecule has 2 rings (SSSR count). The number of thioether (sulfide) groups is 1. The molecule has 1 heterocycles. The van der Waals surface area contributed by atoms with Crippen LogP contribution in [0, 0.1) is 11.8 Å². The van der Waals surface area contributed by atoms with E-state index in [1.807, 2.05) is 32.0 Å². The van der Waals surface area contributed by atoms with Gasteiger partial charge in [0.25, 0.3) is 0 Å². The van der Waals surface area contributed by atoms with Crippen LogP contribution in [0.25, 0.3) is 0 Å². The Bertz CT molecular complexity index is 462. The summed E-state index contributed by atoms with van der Waals surface area (Å²) >= 11 is 1.72. The summed E-state index contributed by atoms with van der Waals surface area (Å²) in [4.78, 5) is 15.4. The Morgan fingerprint density at radius 1 is 1.27 bits per heavy atom. The molecular formula is C17H25NO3S. The molecule has 1 aliphatic rings. The molecule has 122 valence electrons. The summed E-state index contributed by atoms with van der Waals surface area (Å²) in [5.41, 5.74) is 0. The fourth-order valence-corrected chi connectivity index (χ4v) is 3.56. The number of ether oxygens (including phenoxy) is 1. The number of hydrogen-bond donors (Lipinski definition) is 1. The molecule has 22 heavy (non-hydrogen) atoms. The van der Waals surface area contributed by atoms with E-state index in [4.69, 9.17) is 4.74 Å². The second-order valence-corrected chi connectivity index (χ2v) is 6.91. The van der Waals surface area contributed by atoms with Crippen LogP contribution in [-0.4, -0.2) is 54.1 Å². The molecule has 0 radical (unpaired) electrons. The highest BCUT2D eigenvalue weighted by molar-refractivity contribution is 7.99. The molecule has 1 aromatic carbocycles. The van der Waals surface area contributed by atoms with Gasteiger partial charge in [-0.1, -0.05) is 32.0 Å². The highest BCUT2D eigenvalue weighted by atomic mass is 32.2. The Balaban J connectivity index is 1.83. The number of benzene rings is 1. The number of nitrogens with zero attached hydrogens (tertiary/aromatic N) is 1. The van der Waals surface area contributed by atoms with Crippen LogP contribution in [0.3, 0.4) is 0 Å². The first kappa shape index (κ1) is 17.3. The maximum absolute atomic E-state index is 12.4. The Morgan fingerprint density at radius 2 is 1.91 bits per heavy atom. The van der Waals surface area contributed by atoms with Crippen LogP contribution >= 0.6 is 11.8 Å². The molecule has 0 aliphatic carbocycles. The predicted molar refractivity (Wildman–Crippen MR) is 88.9 cm³/mol. The fourth-order valence-electron chi connectivity index (χ4n) is 2.55. The van der Waals surface area contributed by atoms with Crippen molar-refractivity contribution in [2.45, 2.75) is 24.8 Å². The quantitative estimate of drug-likeness (QED) is 0.816. The van der Waals surface area contributed by atoms with Gasteiger partial charge in [0, 0.05) is 23.7 Å². The summed E-state index contributed by atoms with van der Waals surface area (Å²) in [6.45, 7) is 6.27. The van der Waals surface area contributed by atoms with E-state index >= 15 is 0 Å². The zero-order valence-electron chi connectivity index (χ0n) is 13.3. The van der Waals surface area contributed by atoms with E-state index in [0.29, 0.717) is 26.3 Å². The number of aliphatic hydroxyl groups excluding tert-OH is 1. The fraction of sp³-hybridized carbons (Fsp3) is 0.588. The molecule has 0 aromatic heterocycles. The number of morpholine rings is 1. The first-order valence-electron chi connectivity index (χ1n) is 7.82. The predicted octanol–water partition coefficient (Wildman–Crippen LogP) is 2.27. The maximum atomic E-state index is 12.4. The van der Waals surface area contributed by atoms with Gasteiger partial charge in [-0.15, -0.1) is 11.8 Å². The highest BCUT2D eigenvalue weighted by Crippen LogP contribution is 2.24. The van der Waals surface area contributed by atoms with Crippen molar-refractivity contribution in [1.29, 1.82) is 0 Å². The minimum absolute atomic E-state index is 0.0346. The first-order chi connectivity index (χ1) is 10.6. The van der Waals surface area contributed by atoms with E-state index in [9.17, 15) is 9.90 Å². The smallest absolute Gasteiger partial charge is 0.228 e. The standard InChI is InChI=1S/C17H25NO3S/c1-13(12-22-15-6-4-3-5-7-15)16(19)14(2)17(20)18-8-10-21-11-9-18/h3-7,13-14,16,19H,8-12H2,1-2H3/t13-,14-,16-/m1/s1. The Morgan fingerprint density at radius 3 is 2.55 bits per heavy atom. The van der Waals surface area contributed by atoms with E-state index in [2.05, 4.69) is 12.1 Å². The van der Waals surface area contributed by atoms with Gasteiger partial charge in [-0.05, 0) is 18.1 Å². The molecule has 3 atom stereocenters. The average Bonchev–Trinajstić information content (AvgIpc) is 2.59. The number of aliphatic hydroxyl groups is 1. The third-order valence-electron chi connectivity index (χ3n) is 4.06. The summed E-state index contributed by atoms with van der Waals surface area (Å²) in [5.74, 6) is 0.522. The minimum atomic E-state index is -0.619. The second kappa shape index (κ2) is 8.56. The van der Waals surface area contributed by atoms with Crippen LogP contribution in [0.1, 0.15) is 13.8 Å². The van der Waals surface area contributed by atoms with Crippen molar-refractivity contribution in [3.05, 3.63) is 30.3 Å².